The molecule has 18 heavy (non-hydrogen) atoms. The third-order valence-corrected chi connectivity index (χ3v) is 2.44. The molecule has 5 heteroatoms. The van der Waals surface area contributed by atoms with E-state index < -0.39 is 0 Å². The Kier molecular flexibility index (Phi) is 4.20. The molecule has 0 aliphatic carbocycles. The number of aromatic nitrogens is 1. The van der Waals surface area contributed by atoms with Crippen LogP contribution in [0, 0.1) is 0 Å². The molecule has 0 fully saturated rings. The first-order chi connectivity index (χ1) is 8.81. The fraction of sp³-hybridized carbons (Fsp3) is 0.308. The zero-order chi connectivity index (χ0) is 12.8. The molecule has 0 atom stereocenters. The summed E-state index contributed by atoms with van der Waals surface area (Å²) in [6.45, 7) is 0.447. The molecule has 1 aromatic heterocycles. The number of rotatable bonds is 6. The summed E-state index contributed by atoms with van der Waals surface area (Å²) in [5.74, 6) is 1.85. The monoisotopic (exact) mass is 249 g/mol. The molecule has 0 aliphatic rings. The lowest BCUT2D eigenvalue weighted by Gasteiger charge is -2.03. The first-order valence-electron chi connectivity index (χ1n) is 5.64. The van der Waals surface area contributed by atoms with Gasteiger partial charge in [-0.2, -0.15) is 0 Å². The highest BCUT2D eigenvalue weighted by Gasteiger charge is 2.04. The number of nitrogens with zero attached hydrogens (tertiary/aromatic N) is 1. The van der Waals surface area contributed by atoms with E-state index in [0.717, 1.165) is 11.3 Å². The number of aliphatic hydroxyl groups is 1. The van der Waals surface area contributed by atoms with Crippen molar-refractivity contribution >= 4 is 0 Å². The first kappa shape index (κ1) is 12.4. The number of methoxy groups -OCH3 is 1. The van der Waals surface area contributed by atoms with Crippen molar-refractivity contribution in [2.45, 2.75) is 13.0 Å². The van der Waals surface area contributed by atoms with Crippen molar-refractivity contribution in [2.75, 3.05) is 13.7 Å². The minimum absolute atomic E-state index is 0.0348. The van der Waals surface area contributed by atoms with Gasteiger partial charge in [0.2, 0.25) is 0 Å². The van der Waals surface area contributed by atoms with Crippen molar-refractivity contribution in [3.8, 4) is 11.6 Å². The maximum Gasteiger partial charge on any atom is 0.254 e. The van der Waals surface area contributed by atoms with Crippen molar-refractivity contribution in [1.82, 2.24) is 5.16 Å². The second-order valence-electron chi connectivity index (χ2n) is 3.74. The minimum Gasteiger partial charge on any atom is -0.497 e. The molecule has 96 valence electrons. The molecule has 1 N–H and O–H groups in total. The zero-order valence-corrected chi connectivity index (χ0v) is 10.1. The van der Waals surface area contributed by atoms with Crippen LogP contribution < -0.4 is 9.47 Å². The van der Waals surface area contributed by atoms with Gasteiger partial charge in [-0.1, -0.05) is 12.1 Å². The summed E-state index contributed by atoms with van der Waals surface area (Å²) in [6.07, 6.45) is 0.443. The van der Waals surface area contributed by atoms with E-state index in [1.54, 1.807) is 13.2 Å². The summed E-state index contributed by atoms with van der Waals surface area (Å²) in [7, 11) is 1.63. The van der Waals surface area contributed by atoms with Gasteiger partial charge in [0.1, 0.15) is 18.1 Å². The largest absolute Gasteiger partial charge is 0.497 e. The molecule has 5 nitrogen and oxygen atoms in total. The standard InChI is InChI=1S/C13H15NO4/c1-16-11-4-2-10(3-5-11)9-17-13-8-12(6-7-15)18-14-13/h2-5,8,15H,6-7,9H2,1H3. The molecule has 0 amide bonds. The van der Waals surface area contributed by atoms with Crippen LogP contribution in [0.2, 0.25) is 0 Å². The van der Waals surface area contributed by atoms with E-state index in [4.69, 9.17) is 19.1 Å². The van der Waals surface area contributed by atoms with Crippen molar-refractivity contribution < 1.29 is 19.1 Å². The average Bonchev–Trinajstić information content (AvgIpc) is 2.85. The summed E-state index contributed by atoms with van der Waals surface area (Å²) in [6, 6.07) is 9.28. The first-order valence-corrected chi connectivity index (χ1v) is 5.64. The topological polar surface area (TPSA) is 64.7 Å². The van der Waals surface area contributed by atoms with Crippen LogP contribution in [-0.2, 0) is 13.0 Å². The zero-order valence-electron chi connectivity index (χ0n) is 10.1. The van der Waals surface area contributed by atoms with Crippen LogP contribution in [0.3, 0.4) is 0 Å². The number of aliphatic hydroxyl groups excluding tert-OH is 1. The van der Waals surface area contributed by atoms with Gasteiger partial charge in [-0.25, -0.2) is 0 Å². The van der Waals surface area contributed by atoms with E-state index in [1.807, 2.05) is 24.3 Å². The summed E-state index contributed by atoms with van der Waals surface area (Å²) >= 11 is 0. The van der Waals surface area contributed by atoms with Gasteiger partial charge in [0.25, 0.3) is 5.88 Å². The third kappa shape index (κ3) is 3.24. The summed E-state index contributed by atoms with van der Waals surface area (Å²) < 4.78 is 15.5. The Morgan fingerprint density at radius 3 is 2.72 bits per heavy atom. The molecule has 0 radical (unpaired) electrons. The van der Waals surface area contributed by atoms with Crippen molar-refractivity contribution in [3.05, 3.63) is 41.7 Å². The Labute approximate surface area is 105 Å². The van der Waals surface area contributed by atoms with Gasteiger partial charge < -0.3 is 19.1 Å². The van der Waals surface area contributed by atoms with Gasteiger partial charge in [-0.05, 0) is 22.9 Å². The maximum absolute atomic E-state index is 8.75. The molecule has 0 saturated heterocycles. The highest BCUT2D eigenvalue weighted by atomic mass is 16.5. The van der Waals surface area contributed by atoms with E-state index in [-0.39, 0.29) is 6.61 Å². The average molecular weight is 249 g/mol. The normalized spacial score (nSPS) is 10.3. The summed E-state index contributed by atoms with van der Waals surface area (Å²) in [4.78, 5) is 0. The van der Waals surface area contributed by atoms with Gasteiger partial charge in [0.15, 0.2) is 0 Å². The molecule has 0 spiro atoms. The molecule has 0 bridgehead atoms. The lowest BCUT2D eigenvalue weighted by molar-refractivity contribution is 0.256. The molecule has 0 aliphatic heterocycles. The Morgan fingerprint density at radius 2 is 2.06 bits per heavy atom. The number of hydrogen-bond acceptors (Lipinski definition) is 5. The Hall–Kier alpha value is -2.01. The second-order valence-corrected chi connectivity index (χ2v) is 3.74. The van der Waals surface area contributed by atoms with Crippen molar-refractivity contribution in [3.63, 3.8) is 0 Å². The van der Waals surface area contributed by atoms with Crippen LogP contribution in [0.5, 0.6) is 11.6 Å². The van der Waals surface area contributed by atoms with E-state index >= 15 is 0 Å². The molecule has 2 rings (SSSR count). The highest BCUT2D eigenvalue weighted by molar-refractivity contribution is 5.27. The molecule has 0 unspecified atom stereocenters. The SMILES string of the molecule is COc1ccc(COc2cc(CCO)on2)cc1. The molecule has 2 aromatic rings. The smallest absolute Gasteiger partial charge is 0.254 e. The number of hydrogen-bond donors (Lipinski definition) is 1. The number of ether oxygens (including phenoxy) is 2. The van der Waals surface area contributed by atoms with Crippen molar-refractivity contribution in [2.24, 2.45) is 0 Å². The fourth-order valence-corrected chi connectivity index (χ4v) is 1.47. The minimum atomic E-state index is 0.0348. The van der Waals surface area contributed by atoms with Crippen molar-refractivity contribution in [1.29, 1.82) is 0 Å². The van der Waals surface area contributed by atoms with Gasteiger partial charge in [0, 0.05) is 12.5 Å². The molecule has 0 saturated carbocycles. The predicted octanol–water partition coefficient (Wildman–Crippen LogP) is 1.80. The van der Waals surface area contributed by atoms with Crippen LogP contribution in [0.15, 0.2) is 34.9 Å². The highest BCUT2D eigenvalue weighted by Crippen LogP contribution is 2.15. The van der Waals surface area contributed by atoms with E-state index in [9.17, 15) is 0 Å². The quantitative estimate of drug-likeness (QED) is 0.845. The second kappa shape index (κ2) is 6.07. The van der Waals surface area contributed by atoms with Crippen LogP contribution in [0.25, 0.3) is 0 Å². The van der Waals surface area contributed by atoms with Crippen LogP contribution in [0.1, 0.15) is 11.3 Å². The number of benzene rings is 1. The fourth-order valence-electron chi connectivity index (χ4n) is 1.47. The Balaban J connectivity index is 1.89. The van der Waals surface area contributed by atoms with E-state index in [2.05, 4.69) is 5.16 Å². The van der Waals surface area contributed by atoms with E-state index in [0.29, 0.717) is 24.7 Å². The molecule has 1 heterocycles. The maximum atomic E-state index is 8.75. The van der Waals surface area contributed by atoms with Crippen LogP contribution in [-0.4, -0.2) is 24.0 Å². The van der Waals surface area contributed by atoms with E-state index in [1.165, 1.54) is 0 Å². The summed E-state index contributed by atoms with van der Waals surface area (Å²) in [5, 5.41) is 12.5. The summed E-state index contributed by atoms with van der Waals surface area (Å²) in [5.41, 5.74) is 1.02. The molecule has 1 aromatic carbocycles. The van der Waals surface area contributed by atoms with Crippen LogP contribution in [0.4, 0.5) is 0 Å². The Bertz CT molecular complexity index is 478. The molecular formula is C13H15NO4. The Morgan fingerprint density at radius 1 is 1.28 bits per heavy atom. The third-order valence-electron chi connectivity index (χ3n) is 2.44. The predicted molar refractivity (Wildman–Crippen MR) is 64.6 cm³/mol. The van der Waals surface area contributed by atoms with Gasteiger partial charge in [0.05, 0.1) is 13.7 Å². The van der Waals surface area contributed by atoms with Gasteiger partial charge in [-0.3, -0.25) is 0 Å². The lowest BCUT2D eigenvalue weighted by atomic mass is 10.2. The van der Waals surface area contributed by atoms with Gasteiger partial charge in [-0.15, -0.1) is 0 Å². The van der Waals surface area contributed by atoms with Crippen LogP contribution >= 0.6 is 0 Å². The lowest BCUT2D eigenvalue weighted by Crippen LogP contribution is -1.95. The van der Waals surface area contributed by atoms with Gasteiger partial charge >= 0.3 is 0 Å². The molecular weight excluding hydrogens is 234 g/mol.